The Morgan fingerprint density at radius 3 is 2.79 bits per heavy atom. The van der Waals surface area contributed by atoms with Crippen LogP contribution in [0.4, 0.5) is 4.79 Å². The molecule has 0 aliphatic rings. The number of halogens is 1. The summed E-state index contributed by atoms with van der Waals surface area (Å²) in [4.78, 5) is 23.1. The van der Waals surface area contributed by atoms with Gasteiger partial charge in [-0.3, -0.25) is 4.98 Å². The molecule has 146 valence electrons. The molecule has 0 unspecified atom stereocenters. The molecule has 3 rings (SSSR count). The number of aromatic nitrogens is 3. The van der Waals surface area contributed by atoms with Gasteiger partial charge in [0.2, 0.25) is 0 Å². The summed E-state index contributed by atoms with van der Waals surface area (Å²) in [5, 5.41) is 3.66. The fourth-order valence-electron chi connectivity index (χ4n) is 2.89. The average molecular weight is 398 g/mol. The highest BCUT2D eigenvalue weighted by atomic mass is 35.5. The lowest BCUT2D eigenvalue weighted by molar-refractivity contribution is 0.190. The Bertz CT molecular complexity index is 897. The Morgan fingerprint density at radius 1 is 1.18 bits per heavy atom. The highest BCUT2D eigenvalue weighted by Gasteiger charge is 2.17. The van der Waals surface area contributed by atoms with Crippen molar-refractivity contribution in [3.8, 4) is 0 Å². The van der Waals surface area contributed by atoms with Crippen LogP contribution in [-0.2, 0) is 19.6 Å². The zero-order chi connectivity index (χ0) is 19.8. The Labute approximate surface area is 170 Å². The number of carbonyl (C=O) groups excluding carboxylic acids is 1. The normalized spacial score (nSPS) is 10.6. The Balaban J connectivity index is 1.76. The Morgan fingerprint density at radius 2 is 2.04 bits per heavy atom. The minimum atomic E-state index is -0.108. The molecule has 2 aromatic heterocycles. The van der Waals surface area contributed by atoms with Crippen LogP contribution in [0.3, 0.4) is 0 Å². The van der Waals surface area contributed by atoms with Gasteiger partial charge in [-0.25, -0.2) is 9.78 Å². The SMILES string of the molecule is CCCNC(=O)N(Cc1cccnc1)Cc1nccn1Cc1cccc(Cl)c1. The van der Waals surface area contributed by atoms with Gasteiger partial charge in [-0.2, -0.15) is 0 Å². The van der Waals surface area contributed by atoms with Crippen molar-refractivity contribution in [1.29, 1.82) is 0 Å². The molecule has 0 saturated carbocycles. The maximum absolute atomic E-state index is 12.7. The molecule has 6 nitrogen and oxygen atoms in total. The molecular formula is C21H24ClN5O. The van der Waals surface area contributed by atoms with E-state index >= 15 is 0 Å². The minimum absolute atomic E-state index is 0.108. The molecule has 0 aliphatic carbocycles. The van der Waals surface area contributed by atoms with Gasteiger partial charge in [0.1, 0.15) is 5.82 Å². The maximum Gasteiger partial charge on any atom is 0.318 e. The largest absolute Gasteiger partial charge is 0.338 e. The first kappa shape index (κ1) is 19.9. The van der Waals surface area contributed by atoms with Crippen molar-refractivity contribution in [1.82, 2.24) is 24.8 Å². The first-order valence-corrected chi connectivity index (χ1v) is 9.69. The second-order valence-corrected chi connectivity index (χ2v) is 6.99. The highest BCUT2D eigenvalue weighted by molar-refractivity contribution is 6.30. The summed E-state index contributed by atoms with van der Waals surface area (Å²) in [5.41, 5.74) is 2.06. The van der Waals surface area contributed by atoms with E-state index < -0.39 is 0 Å². The number of hydrogen-bond donors (Lipinski definition) is 1. The van der Waals surface area contributed by atoms with Crippen molar-refractivity contribution >= 4 is 17.6 Å². The summed E-state index contributed by atoms with van der Waals surface area (Å²) in [6, 6.07) is 11.5. The summed E-state index contributed by atoms with van der Waals surface area (Å²) in [5.74, 6) is 0.815. The first-order valence-electron chi connectivity index (χ1n) is 9.32. The molecule has 0 spiro atoms. The molecule has 3 aromatic rings. The second kappa shape index (κ2) is 9.90. The molecular weight excluding hydrogens is 374 g/mol. The van der Waals surface area contributed by atoms with Crippen LogP contribution in [0.2, 0.25) is 5.02 Å². The molecule has 0 atom stereocenters. The standard InChI is InChI=1S/C21H24ClN5O/c1-2-8-25-21(28)27(15-18-6-4-9-23-13-18)16-20-24-10-11-26(20)14-17-5-3-7-19(22)12-17/h3-7,9-13H,2,8,14-16H2,1H3,(H,25,28). The van der Waals surface area contributed by atoms with Gasteiger partial charge in [-0.15, -0.1) is 0 Å². The summed E-state index contributed by atoms with van der Waals surface area (Å²) < 4.78 is 2.04. The predicted octanol–water partition coefficient (Wildman–Crippen LogP) is 4.10. The number of hydrogen-bond acceptors (Lipinski definition) is 3. The van der Waals surface area contributed by atoms with Gasteiger partial charge in [0, 0.05) is 49.4 Å². The van der Waals surface area contributed by atoms with Gasteiger partial charge in [0.25, 0.3) is 0 Å². The fraction of sp³-hybridized carbons (Fsp3) is 0.286. The lowest BCUT2D eigenvalue weighted by Crippen LogP contribution is -2.40. The Kier molecular flexibility index (Phi) is 7.03. The number of nitrogens with one attached hydrogen (secondary N) is 1. The van der Waals surface area contributed by atoms with E-state index in [1.54, 1.807) is 23.5 Å². The number of rotatable bonds is 8. The van der Waals surface area contributed by atoms with Gasteiger partial charge < -0.3 is 14.8 Å². The first-order chi connectivity index (χ1) is 13.7. The van der Waals surface area contributed by atoms with E-state index in [0.717, 1.165) is 23.4 Å². The molecule has 7 heteroatoms. The average Bonchev–Trinajstić information content (AvgIpc) is 3.13. The molecule has 0 fully saturated rings. The van der Waals surface area contributed by atoms with Gasteiger partial charge in [-0.1, -0.05) is 36.7 Å². The molecule has 0 radical (unpaired) electrons. The molecule has 28 heavy (non-hydrogen) atoms. The number of urea groups is 1. The van der Waals surface area contributed by atoms with Crippen molar-refractivity contribution in [2.24, 2.45) is 0 Å². The van der Waals surface area contributed by atoms with Crippen LogP contribution in [0.15, 0.2) is 61.2 Å². The summed E-state index contributed by atoms with van der Waals surface area (Å²) >= 11 is 6.10. The molecule has 0 bridgehead atoms. The molecule has 0 aliphatic heterocycles. The fourth-order valence-corrected chi connectivity index (χ4v) is 3.11. The number of imidazole rings is 1. The molecule has 2 heterocycles. The highest BCUT2D eigenvalue weighted by Crippen LogP contribution is 2.14. The minimum Gasteiger partial charge on any atom is -0.338 e. The van der Waals surface area contributed by atoms with Crippen molar-refractivity contribution in [2.75, 3.05) is 6.54 Å². The third-order valence-corrected chi connectivity index (χ3v) is 4.52. The monoisotopic (exact) mass is 397 g/mol. The predicted molar refractivity (Wildman–Crippen MR) is 110 cm³/mol. The van der Waals surface area contributed by atoms with Crippen LogP contribution in [0, 0.1) is 0 Å². The summed E-state index contributed by atoms with van der Waals surface area (Å²) in [6.07, 6.45) is 8.06. The molecule has 1 N–H and O–H groups in total. The van der Waals surface area contributed by atoms with E-state index in [9.17, 15) is 4.79 Å². The topological polar surface area (TPSA) is 63.1 Å². The van der Waals surface area contributed by atoms with E-state index in [-0.39, 0.29) is 6.03 Å². The lowest BCUT2D eigenvalue weighted by Gasteiger charge is -2.23. The molecule has 2 amide bonds. The van der Waals surface area contributed by atoms with Crippen LogP contribution >= 0.6 is 11.6 Å². The number of nitrogens with zero attached hydrogens (tertiary/aromatic N) is 4. The van der Waals surface area contributed by atoms with Crippen molar-refractivity contribution in [2.45, 2.75) is 33.0 Å². The number of carbonyl (C=O) groups is 1. The van der Waals surface area contributed by atoms with Crippen LogP contribution in [0.1, 0.15) is 30.3 Å². The maximum atomic E-state index is 12.7. The van der Waals surface area contributed by atoms with Crippen LogP contribution in [0.5, 0.6) is 0 Å². The Hall–Kier alpha value is -2.86. The number of benzene rings is 1. The van der Waals surface area contributed by atoms with Crippen molar-refractivity contribution < 1.29 is 4.79 Å². The zero-order valence-corrected chi connectivity index (χ0v) is 16.6. The van der Waals surface area contributed by atoms with Crippen LogP contribution in [0.25, 0.3) is 0 Å². The molecule has 1 aromatic carbocycles. The third-order valence-electron chi connectivity index (χ3n) is 4.29. The van der Waals surface area contributed by atoms with Gasteiger partial charge in [0.15, 0.2) is 0 Å². The smallest absolute Gasteiger partial charge is 0.318 e. The lowest BCUT2D eigenvalue weighted by atomic mass is 10.2. The summed E-state index contributed by atoms with van der Waals surface area (Å²) in [6.45, 7) is 4.18. The van der Waals surface area contributed by atoms with Crippen molar-refractivity contribution in [3.05, 3.63) is 83.2 Å². The summed E-state index contributed by atoms with van der Waals surface area (Å²) in [7, 11) is 0. The van der Waals surface area contributed by atoms with E-state index in [4.69, 9.17) is 11.6 Å². The zero-order valence-electron chi connectivity index (χ0n) is 15.9. The quantitative estimate of drug-likeness (QED) is 0.622. The van der Waals surface area contributed by atoms with Gasteiger partial charge in [-0.05, 0) is 35.7 Å². The second-order valence-electron chi connectivity index (χ2n) is 6.55. The number of amides is 2. The van der Waals surface area contributed by atoms with E-state index in [2.05, 4.69) is 15.3 Å². The van der Waals surface area contributed by atoms with E-state index in [1.807, 2.05) is 54.1 Å². The van der Waals surface area contributed by atoms with Gasteiger partial charge in [0.05, 0.1) is 6.54 Å². The van der Waals surface area contributed by atoms with Crippen LogP contribution < -0.4 is 5.32 Å². The molecule has 0 saturated heterocycles. The number of pyridine rings is 1. The van der Waals surface area contributed by atoms with Crippen molar-refractivity contribution in [3.63, 3.8) is 0 Å². The third kappa shape index (κ3) is 5.57. The van der Waals surface area contributed by atoms with E-state index in [0.29, 0.717) is 31.2 Å². The van der Waals surface area contributed by atoms with Crippen LogP contribution in [-0.4, -0.2) is 32.0 Å². The van der Waals surface area contributed by atoms with E-state index in [1.165, 1.54) is 0 Å². The van der Waals surface area contributed by atoms with Gasteiger partial charge >= 0.3 is 6.03 Å².